The maximum atomic E-state index is 12.7. The molecule has 0 radical (unpaired) electrons. The highest BCUT2D eigenvalue weighted by atomic mass is 16.2. The van der Waals surface area contributed by atoms with Gasteiger partial charge in [-0.05, 0) is 37.5 Å². The first-order valence-corrected chi connectivity index (χ1v) is 8.20. The van der Waals surface area contributed by atoms with Gasteiger partial charge in [0.05, 0.1) is 6.54 Å². The normalized spacial score (nSPS) is 10.4. The van der Waals surface area contributed by atoms with Crippen LogP contribution in [-0.2, 0) is 20.1 Å². The van der Waals surface area contributed by atoms with E-state index in [4.69, 9.17) is 6.42 Å². The van der Waals surface area contributed by atoms with Crippen LogP contribution in [0.5, 0.6) is 0 Å². The number of rotatable bonds is 2. The Morgan fingerprint density at radius 3 is 2.62 bits per heavy atom. The molecule has 130 valence electrons. The molecule has 3 aromatic rings. The molecule has 26 heavy (non-hydrogen) atoms. The number of aromatic nitrogens is 4. The summed E-state index contributed by atoms with van der Waals surface area (Å²) in [6, 6.07) is 7.80. The van der Waals surface area contributed by atoms with E-state index in [0.29, 0.717) is 23.5 Å². The highest BCUT2D eigenvalue weighted by Crippen LogP contribution is 2.10. The lowest BCUT2D eigenvalue weighted by Crippen LogP contribution is -2.40. The van der Waals surface area contributed by atoms with Crippen molar-refractivity contribution in [2.75, 3.05) is 0 Å². The van der Waals surface area contributed by atoms with Crippen LogP contribution in [0.4, 0.5) is 0 Å². The summed E-state index contributed by atoms with van der Waals surface area (Å²) in [7, 11) is 1.71. The standard InChI is InChI=1S/C20H18N4O2/c1-5-12-24-19(25)17-18(23(6-2)20(24)26)21-16(22(17)4)11-10-15-9-7-8-14(3)13-15/h1,7-9,13H,6,12H2,2-4H3. The van der Waals surface area contributed by atoms with Crippen LogP contribution in [0.2, 0.25) is 0 Å². The third-order valence-corrected chi connectivity index (χ3v) is 4.14. The van der Waals surface area contributed by atoms with Crippen molar-refractivity contribution in [1.29, 1.82) is 0 Å². The van der Waals surface area contributed by atoms with Crippen LogP contribution in [-0.4, -0.2) is 18.7 Å². The Balaban J connectivity index is 2.27. The van der Waals surface area contributed by atoms with Gasteiger partial charge in [-0.25, -0.2) is 14.3 Å². The van der Waals surface area contributed by atoms with Crippen LogP contribution in [0, 0.1) is 31.1 Å². The third-order valence-electron chi connectivity index (χ3n) is 4.14. The first-order chi connectivity index (χ1) is 12.5. The fourth-order valence-electron chi connectivity index (χ4n) is 2.84. The molecule has 0 aliphatic rings. The van der Waals surface area contributed by atoms with Crippen LogP contribution < -0.4 is 11.2 Å². The predicted octanol–water partition coefficient (Wildman–Crippen LogP) is 1.26. The highest BCUT2D eigenvalue weighted by Gasteiger charge is 2.18. The lowest BCUT2D eigenvalue weighted by Gasteiger charge is -2.07. The molecular formula is C20H18N4O2. The van der Waals surface area contributed by atoms with Gasteiger partial charge in [0.25, 0.3) is 5.56 Å². The van der Waals surface area contributed by atoms with E-state index in [0.717, 1.165) is 15.7 Å². The summed E-state index contributed by atoms with van der Waals surface area (Å²) in [5.41, 5.74) is 1.70. The summed E-state index contributed by atoms with van der Waals surface area (Å²) < 4.78 is 4.09. The van der Waals surface area contributed by atoms with Crippen molar-refractivity contribution in [3.63, 3.8) is 0 Å². The second-order valence-corrected chi connectivity index (χ2v) is 5.91. The minimum Gasteiger partial charge on any atom is -0.314 e. The van der Waals surface area contributed by atoms with E-state index < -0.39 is 11.2 Å². The molecule has 0 aliphatic carbocycles. The quantitative estimate of drug-likeness (QED) is 0.656. The number of terminal acetylenes is 1. The maximum absolute atomic E-state index is 12.7. The van der Waals surface area contributed by atoms with Crippen molar-refractivity contribution >= 4 is 11.2 Å². The first-order valence-electron chi connectivity index (χ1n) is 8.20. The predicted molar refractivity (Wildman–Crippen MR) is 101 cm³/mol. The van der Waals surface area contributed by atoms with Gasteiger partial charge in [0.15, 0.2) is 17.0 Å². The van der Waals surface area contributed by atoms with Gasteiger partial charge in [-0.1, -0.05) is 24.0 Å². The fraction of sp³-hybridized carbons (Fsp3) is 0.250. The number of benzene rings is 1. The summed E-state index contributed by atoms with van der Waals surface area (Å²) in [5.74, 6) is 8.81. The summed E-state index contributed by atoms with van der Waals surface area (Å²) in [4.78, 5) is 29.6. The van der Waals surface area contributed by atoms with E-state index in [9.17, 15) is 9.59 Å². The van der Waals surface area contributed by atoms with Crippen LogP contribution in [0.15, 0.2) is 33.9 Å². The molecule has 3 rings (SSSR count). The van der Waals surface area contributed by atoms with Crippen molar-refractivity contribution in [3.05, 3.63) is 62.1 Å². The molecule has 0 unspecified atom stereocenters. The van der Waals surface area contributed by atoms with Gasteiger partial charge in [0, 0.05) is 19.2 Å². The molecule has 0 saturated carbocycles. The first kappa shape index (κ1) is 17.3. The molecule has 6 heteroatoms. The molecule has 0 fully saturated rings. The minimum atomic E-state index is -0.459. The molecule has 0 bridgehead atoms. The van der Waals surface area contributed by atoms with Gasteiger partial charge < -0.3 is 4.57 Å². The van der Waals surface area contributed by atoms with E-state index in [1.165, 1.54) is 4.57 Å². The van der Waals surface area contributed by atoms with Crippen LogP contribution in [0.3, 0.4) is 0 Å². The monoisotopic (exact) mass is 346 g/mol. The van der Waals surface area contributed by atoms with Crippen molar-refractivity contribution in [2.45, 2.75) is 26.9 Å². The lowest BCUT2D eigenvalue weighted by atomic mass is 10.1. The number of hydrogen-bond donors (Lipinski definition) is 0. The molecule has 2 aromatic heterocycles. The second-order valence-electron chi connectivity index (χ2n) is 5.91. The average molecular weight is 346 g/mol. The highest BCUT2D eigenvalue weighted by molar-refractivity contribution is 5.72. The largest absolute Gasteiger partial charge is 0.333 e. The van der Waals surface area contributed by atoms with Crippen molar-refractivity contribution in [1.82, 2.24) is 18.7 Å². The summed E-state index contributed by atoms with van der Waals surface area (Å²) in [5, 5.41) is 0. The molecule has 0 spiro atoms. The molecule has 0 atom stereocenters. The van der Waals surface area contributed by atoms with Crippen molar-refractivity contribution < 1.29 is 0 Å². The number of imidazole rings is 1. The maximum Gasteiger partial charge on any atom is 0.333 e. The molecule has 0 N–H and O–H groups in total. The molecule has 0 saturated heterocycles. The van der Waals surface area contributed by atoms with E-state index in [1.54, 1.807) is 11.6 Å². The summed E-state index contributed by atoms with van der Waals surface area (Å²) >= 11 is 0. The molecular weight excluding hydrogens is 328 g/mol. The van der Waals surface area contributed by atoms with Crippen LogP contribution in [0.1, 0.15) is 23.9 Å². The van der Waals surface area contributed by atoms with E-state index in [1.807, 2.05) is 38.1 Å². The van der Waals surface area contributed by atoms with Crippen molar-refractivity contribution in [3.8, 4) is 24.2 Å². The number of aryl methyl sites for hydroxylation is 3. The number of hydrogen-bond acceptors (Lipinski definition) is 3. The second kappa shape index (κ2) is 6.78. The zero-order valence-electron chi connectivity index (χ0n) is 14.9. The molecule has 0 amide bonds. The number of nitrogens with zero attached hydrogens (tertiary/aromatic N) is 4. The van der Waals surface area contributed by atoms with Crippen LogP contribution >= 0.6 is 0 Å². The molecule has 6 nitrogen and oxygen atoms in total. The lowest BCUT2D eigenvalue weighted by molar-refractivity contribution is 0.630. The van der Waals surface area contributed by atoms with Gasteiger partial charge in [0.1, 0.15) is 0 Å². The molecule has 0 aliphatic heterocycles. The Hall–Kier alpha value is -3.51. The zero-order chi connectivity index (χ0) is 18.8. The van der Waals surface area contributed by atoms with E-state index in [-0.39, 0.29) is 6.54 Å². The summed E-state index contributed by atoms with van der Waals surface area (Å²) in [6.07, 6.45) is 5.30. The molecule has 1 aromatic carbocycles. The smallest absolute Gasteiger partial charge is 0.314 e. The zero-order valence-corrected chi connectivity index (χ0v) is 14.9. The van der Waals surface area contributed by atoms with Gasteiger partial charge in [-0.2, -0.15) is 0 Å². The van der Waals surface area contributed by atoms with Crippen LogP contribution in [0.25, 0.3) is 11.2 Å². The average Bonchev–Trinajstić information content (AvgIpc) is 2.94. The Morgan fingerprint density at radius 2 is 1.96 bits per heavy atom. The fourth-order valence-corrected chi connectivity index (χ4v) is 2.84. The number of fused-ring (bicyclic) bond motifs is 1. The topological polar surface area (TPSA) is 61.8 Å². The van der Waals surface area contributed by atoms with Gasteiger partial charge in [-0.15, -0.1) is 6.42 Å². The Bertz CT molecular complexity index is 1220. The van der Waals surface area contributed by atoms with Gasteiger partial charge in [0.2, 0.25) is 0 Å². The SMILES string of the molecule is C#CCn1c(=O)c2c(nc(C#Cc3cccc(C)c3)n2C)n(CC)c1=O. The summed E-state index contributed by atoms with van der Waals surface area (Å²) in [6.45, 7) is 4.11. The Labute approximate surface area is 150 Å². The van der Waals surface area contributed by atoms with Gasteiger partial charge >= 0.3 is 5.69 Å². The molecule has 2 heterocycles. The Kier molecular flexibility index (Phi) is 4.51. The third kappa shape index (κ3) is 2.82. The Morgan fingerprint density at radius 1 is 1.19 bits per heavy atom. The van der Waals surface area contributed by atoms with E-state index >= 15 is 0 Å². The van der Waals surface area contributed by atoms with Gasteiger partial charge in [-0.3, -0.25) is 9.36 Å². The minimum absolute atomic E-state index is 0.0803. The van der Waals surface area contributed by atoms with Crippen molar-refractivity contribution in [2.24, 2.45) is 7.05 Å². The van der Waals surface area contributed by atoms with E-state index in [2.05, 4.69) is 22.7 Å².